The minimum atomic E-state index is 0.424. The highest BCUT2D eigenvalue weighted by molar-refractivity contribution is 6.32. The minimum Gasteiger partial charge on any atom is -0.456 e. The maximum absolute atomic E-state index is 10.5. The summed E-state index contributed by atoms with van der Waals surface area (Å²) in [6.45, 7) is 0. The Morgan fingerprint density at radius 3 is 2.44 bits per heavy atom. The van der Waals surface area contributed by atoms with Crippen molar-refractivity contribution in [2.24, 2.45) is 0 Å². The van der Waals surface area contributed by atoms with Crippen LogP contribution in [0.4, 0.5) is 0 Å². The second-order valence-electron chi connectivity index (χ2n) is 3.22. The lowest BCUT2D eigenvalue weighted by Gasteiger charge is -2.07. The number of hydrogen-bond acceptors (Lipinski definition) is 2. The topological polar surface area (TPSA) is 26.3 Å². The fourth-order valence-corrected chi connectivity index (χ4v) is 1.52. The van der Waals surface area contributed by atoms with Gasteiger partial charge in [0.25, 0.3) is 0 Å². The van der Waals surface area contributed by atoms with Crippen LogP contribution in [0.3, 0.4) is 0 Å². The molecule has 3 heteroatoms. The Morgan fingerprint density at radius 1 is 1.06 bits per heavy atom. The molecule has 0 spiro atoms. The Morgan fingerprint density at radius 2 is 1.81 bits per heavy atom. The van der Waals surface area contributed by atoms with E-state index in [9.17, 15) is 4.79 Å². The van der Waals surface area contributed by atoms with Gasteiger partial charge in [-0.15, -0.1) is 0 Å². The van der Waals surface area contributed by atoms with Crippen molar-refractivity contribution in [2.45, 2.75) is 0 Å². The van der Waals surface area contributed by atoms with Crippen molar-refractivity contribution < 1.29 is 9.53 Å². The molecule has 0 saturated heterocycles. The Balaban J connectivity index is 2.25. The quantitative estimate of drug-likeness (QED) is 0.749. The zero-order chi connectivity index (χ0) is 11.4. The minimum absolute atomic E-state index is 0.424. The lowest BCUT2D eigenvalue weighted by Crippen LogP contribution is -1.86. The third kappa shape index (κ3) is 2.41. The highest BCUT2D eigenvalue weighted by atomic mass is 35.5. The summed E-state index contributed by atoms with van der Waals surface area (Å²) < 4.78 is 5.56. The lowest BCUT2D eigenvalue weighted by atomic mass is 10.2. The number of ether oxygens (including phenoxy) is 1. The van der Waals surface area contributed by atoms with E-state index in [2.05, 4.69) is 0 Å². The lowest BCUT2D eigenvalue weighted by molar-refractivity contribution is 0.112. The first-order valence-electron chi connectivity index (χ1n) is 4.77. The van der Waals surface area contributed by atoms with E-state index in [1.165, 1.54) is 0 Å². The molecule has 16 heavy (non-hydrogen) atoms. The molecule has 0 aliphatic carbocycles. The molecule has 0 unspecified atom stereocenters. The summed E-state index contributed by atoms with van der Waals surface area (Å²) in [5, 5.41) is 0.424. The standard InChI is InChI=1S/C13H9ClO2/c14-12-8-10(9-15)6-7-13(12)16-11-4-2-1-3-5-11/h1-9H. The van der Waals surface area contributed by atoms with E-state index in [4.69, 9.17) is 16.3 Å². The molecule has 0 amide bonds. The summed E-state index contributed by atoms with van der Waals surface area (Å²) in [7, 11) is 0. The van der Waals surface area contributed by atoms with E-state index >= 15 is 0 Å². The molecule has 80 valence electrons. The van der Waals surface area contributed by atoms with Crippen molar-refractivity contribution in [2.75, 3.05) is 0 Å². The molecule has 0 N–H and O–H groups in total. The van der Waals surface area contributed by atoms with E-state index in [1.54, 1.807) is 18.2 Å². The van der Waals surface area contributed by atoms with E-state index in [0.717, 1.165) is 6.29 Å². The Bertz CT molecular complexity index is 495. The average molecular weight is 233 g/mol. The number of halogens is 1. The van der Waals surface area contributed by atoms with Crippen LogP contribution < -0.4 is 4.74 Å². The number of carbonyl (C=O) groups is 1. The van der Waals surface area contributed by atoms with E-state index in [0.29, 0.717) is 22.1 Å². The molecular weight excluding hydrogens is 224 g/mol. The molecular formula is C13H9ClO2. The first kappa shape index (κ1) is 10.7. The normalized spacial score (nSPS) is 9.81. The van der Waals surface area contributed by atoms with Crippen LogP contribution in [-0.2, 0) is 0 Å². The highest BCUT2D eigenvalue weighted by Crippen LogP contribution is 2.29. The molecule has 0 aliphatic heterocycles. The van der Waals surface area contributed by atoms with Crippen molar-refractivity contribution in [1.82, 2.24) is 0 Å². The van der Waals surface area contributed by atoms with Gasteiger partial charge in [0.05, 0.1) is 5.02 Å². The van der Waals surface area contributed by atoms with Crippen LogP contribution >= 0.6 is 11.6 Å². The number of aldehydes is 1. The van der Waals surface area contributed by atoms with Crippen LogP contribution in [0.5, 0.6) is 11.5 Å². The predicted molar refractivity (Wildman–Crippen MR) is 63.4 cm³/mol. The van der Waals surface area contributed by atoms with Crippen molar-refractivity contribution >= 4 is 17.9 Å². The van der Waals surface area contributed by atoms with Gasteiger partial charge in [-0.05, 0) is 30.3 Å². The van der Waals surface area contributed by atoms with Crippen LogP contribution in [0, 0.1) is 0 Å². The van der Waals surface area contributed by atoms with Gasteiger partial charge >= 0.3 is 0 Å². The monoisotopic (exact) mass is 232 g/mol. The predicted octanol–water partition coefficient (Wildman–Crippen LogP) is 3.94. The zero-order valence-electron chi connectivity index (χ0n) is 8.39. The van der Waals surface area contributed by atoms with Gasteiger partial charge in [0, 0.05) is 5.56 Å². The average Bonchev–Trinajstić information content (AvgIpc) is 2.33. The second-order valence-corrected chi connectivity index (χ2v) is 3.63. The molecule has 2 rings (SSSR count). The van der Waals surface area contributed by atoms with Crippen molar-refractivity contribution in [3.8, 4) is 11.5 Å². The summed E-state index contributed by atoms with van der Waals surface area (Å²) in [6.07, 6.45) is 0.748. The molecule has 0 aliphatic rings. The highest BCUT2D eigenvalue weighted by Gasteiger charge is 2.03. The summed E-state index contributed by atoms with van der Waals surface area (Å²) in [5.74, 6) is 1.25. The first-order chi connectivity index (χ1) is 7.79. The molecule has 0 bridgehead atoms. The molecule has 2 nitrogen and oxygen atoms in total. The van der Waals surface area contributed by atoms with Crippen LogP contribution in [0.2, 0.25) is 5.02 Å². The van der Waals surface area contributed by atoms with Gasteiger partial charge in [0.2, 0.25) is 0 Å². The second kappa shape index (κ2) is 4.81. The summed E-state index contributed by atoms with van der Waals surface area (Å²) in [6, 6.07) is 14.3. The number of benzene rings is 2. The largest absolute Gasteiger partial charge is 0.456 e. The molecule has 0 saturated carbocycles. The molecule has 0 fully saturated rings. The van der Waals surface area contributed by atoms with Crippen LogP contribution in [-0.4, -0.2) is 6.29 Å². The Hall–Kier alpha value is -1.80. The van der Waals surface area contributed by atoms with Gasteiger partial charge in [-0.3, -0.25) is 4.79 Å². The summed E-state index contributed by atoms with van der Waals surface area (Å²) >= 11 is 5.97. The smallest absolute Gasteiger partial charge is 0.150 e. The molecule has 0 aromatic heterocycles. The van der Waals surface area contributed by atoms with Gasteiger partial charge < -0.3 is 4.74 Å². The van der Waals surface area contributed by atoms with Crippen molar-refractivity contribution in [1.29, 1.82) is 0 Å². The third-order valence-electron chi connectivity index (χ3n) is 2.06. The van der Waals surface area contributed by atoms with Crippen LogP contribution in [0.25, 0.3) is 0 Å². The summed E-state index contributed by atoms with van der Waals surface area (Å²) in [4.78, 5) is 10.5. The molecule has 2 aromatic carbocycles. The van der Waals surface area contributed by atoms with Crippen molar-refractivity contribution in [3.63, 3.8) is 0 Å². The summed E-state index contributed by atoms with van der Waals surface area (Å²) in [5.41, 5.74) is 0.533. The Kier molecular flexibility index (Phi) is 3.22. The molecule has 2 aromatic rings. The third-order valence-corrected chi connectivity index (χ3v) is 2.36. The Labute approximate surface area is 98.4 Å². The van der Waals surface area contributed by atoms with Gasteiger partial charge in [-0.2, -0.15) is 0 Å². The fourth-order valence-electron chi connectivity index (χ4n) is 1.29. The maximum Gasteiger partial charge on any atom is 0.150 e. The van der Waals surface area contributed by atoms with Crippen LogP contribution in [0.15, 0.2) is 48.5 Å². The van der Waals surface area contributed by atoms with Gasteiger partial charge in [-0.25, -0.2) is 0 Å². The molecule has 0 radical (unpaired) electrons. The zero-order valence-corrected chi connectivity index (χ0v) is 9.15. The van der Waals surface area contributed by atoms with E-state index < -0.39 is 0 Å². The van der Waals surface area contributed by atoms with Gasteiger partial charge in [-0.1, -0.05) is 29.8 Å². The van der Waals surface area contributed by atoms with Gasteiger partial charge in [0.15, 0.2) is 0 Å². The maximum atomic E-state index is 10.5. The van der Waals surface area contributed by atoms with Crippen molar-refractivity contribution in [3.05, 3.63) is 59.1 Å². The molecule has 0 heterocycles. The SMILES string of the molecule is O=Cc1ccc(Oc2ccccc2)c(Cl)c1. The fraction of sp³-hybridized carbons (Fsp3) is 0. The number of carbonyl (C=O) groups excluding carboxylic acids is 1. The van der Waals surface area contributed by atoms with E-state index in [1.807, 2.05) is 30.3 Å². The van der Waals surface area contributed by atoms with E-state index in [-0.39, 0.29) is 0 Å². The molecule has 0 atom stereocenters. The number of rotatable bonds is 3. The number of hydrogen-bond donors (Lipinski definition) is 0. The van der Waals surface area contributed by atoms with Gasteiger partial charge in [0.1, 0.15) is 17.8 Å². The van der Waals surface area contributed by atoms with Crippen LogP contribution in [0.1, 0.15) is 10.4 Å². The number of para-hydroxylation sites is 1. The first-order valence-corrected chi connectivity index (χ1v) is 5.15.